The quantitative estimate of drug-likeness (QED) is 0.889. The molecule has 2 N–H and O–H groups in total. The Bertz CT molecular complexity index is 633. The Morgan fingerprint density at radius 3 is 2.68 bits per heavy atom. The molecule has 4 nitrogen and oxygen atoms in total. The molecular formula is C17H18ClNO3. The SMILES string of the molecule is OCC(NCc1cc(Cl)c2c(c1)OCCO2)c1ccccc1. The fourth-order valence-electron chi connectivity index (χ4n) is 2.48. The highest BCUT2D eigenvalue weighted by Crippen LogP contribution is 2.38. The molecule has 5 heteroatoms. The van der Waals surface area contributed by atoms with E-state index in [2.05, 4.69) is 5.32 Å². The average Bonchev–Trinajstić information content (AvgIpc) is 2.56. The van der Waals surface area contributed by atoms with Crippen LogP contribution in [0.25, 0.3) is 0 Å². The number of benzene rings is 2. The summed E-state index contributed by atoms with van der Waals surface area (Å²) < 4.78 is 11.1. The summed E-state index contributed by atoms with van der Waals surface area (Å²) in [4.78, 5) is 0. The first-order valence-corrected chi connectivity index (χ1v) is 7.63. The summed E-state index contributed by atoms with van der Waals surface area (Å²) in [5, 5.41) is 13.5. The maximum absolute atomic E-state index is 9.57. The number of ether oxygens (including phenoxy) is 2. The van der Waals surface area contributed by atoms with E-state index in [1.165, 1.54) is 0 Å². The van der Waals surface area contributed by atoms with Gasteiger partial charge < -0.3 is 19.9 Å². The Morgan fingerprint density at radius 1 is 1.14 bits per heavy atom. The second kappa shape index (κ2) is 7.01. The van der Waals surface area contributed by atoms with Crippen LogP contribution in [-0.4, -0.2) is 24.9 Å². The molecule has 0 fully saturated rings. The standard InChI is InChI=1S/C17H18ClNO3/c18-14-8-12(9-16-17(14)22-7-6-21-16)10-19-15(11-20)13-4-2-1-3-5-13/h1-5,8-9,15,19-20H,6-7,10-11H2. The predicted molar refractivity (Wildman–Crippen MR) is 85.6 cm³/mol. The molecular weight excluding hydrogens is 302 g/mol. The lowest BCUT2D eigenvalue weighted by Crippen LogP contribution is -2.24. The zero-order valence-electron chi connectivity index (χ0n) is 12.1. The van der Waals surface area contributed by atoms with Gasteiger partial charge >= 0.3 is 0 Å². The summed E-state index contributed by atoms with van der Waals surface area (Å²) in [6, 6.07) is 13.5. The molecule has 2 aromatic carbocycles. The van der Waals surface area contributed by atoms with Crippen LogP contribution >= 0.6 is 11.6 Å². The van der Waals surface area contributed by atoms with Crippen molar-refractivity contribution in [3.63, 3.8) is 0 Å². The van der Waals surface area contributed by atoms with Crippen molar-refractivity contribution in [3.05, 3.63) is 58.6 Å². The van der Waals surface area contributed by atoms with Crippen LogP contribution in [-0.2, 0) is 6.54 Å². The van der Waals surface area contributed by atoms with Gasteiger partial charge in [0.15, 0.2) is 11.5 Å². The maximum atomic E-state index is 9.57. The lowest BCUT2D eigenvalue weighted by atomic mass is 10.1. The summed E-state index contributed by atoms with van der Waals surface area (Å²) >= 11 is 6.23. The largest absolute Gasteiger partial charge is 0.486 e. The minimum atomic E-state index is -0.117. The van der Waals surface area contributed by atoms with Crippen molar-refractivity contribution < 1.29 is 14.6 Å². The number of rotatable bonds is 5. The number of halogens is 1. The van der Waals surface area contributed by atoms with Gasteiger partial charge in [-0.3, -0.25) is 0 Å². The van der Waals surface area contributed by atoms with Crippen LogP contribution in [0.5, 0.6) is 11.5 Å². The lowest BCUT2D eigenvalue weighted by Gasteiger charge is -2.21. The van der Waals surface area contributed by atoms with Crippen LogP contribution < -0.4 is 14.8 Å². The molecule has 0 bridgehead atoms. The smallest absolute Gasteiger partial charge is 0.179 e. The van der Waals surface area contributed by atoms with Gasteiger partial charge in [-0.2, -0.15) is 0 Å². The maximum Gasteiger partial charge on any atom is 0.179 e. The topological polar surface area (TPSA) is 50.7 Å². The van der Waals surface area contributed by atoms with Crippen LogP contribution in [0.2, 0.25) is 5.02 Å². The van der Waals surface area contributed by atoms with Crippen molar-refractivity contribution in [2.75, 3.05) is 19.8 Å². The van der Waals surface area contributed by atoms with E-state index >= 15 is 0 Å². The first-order valence-electron chi connectivity index (χ1n) is 7.25. The van der Waals surface area contributed by atoms with Crippen LogP contribution in [0, 0.1) is 0 Å². The Balaban J connectivity index is 1.72. The molecule has 0 saturated carbocycles. The van der Waals surface area contributed by atoms with Gasteiger partial charge in [-0.15, -0.1) is 0 Å². The number of fused-ring (bicyclic) bond motifs is 1. The van der Waals surface area contributed by atoms with Crippen molar-refractivity contribution in [1.29, 1.82) is 0 Å². The molecule has 1 unspecified atom stereocenters. The molecule has 1 heterocycles. The third-order valence-electron chi connectivity index (χ3n) is 3.59. The minimum absolute atomic E-state index is 0.0301. The molecule has 0 aromatic heterocycles. The van der Waals surface area contributed by atoms with Gasteiger partial charge in [-0.25, -0.2) is 0 Å². The number of hydrogen-bond donors (Lipinski definition) is 2. The summed E-state index contributed by atoms with van der Waals surface area (Å²) in [7, 11) is 0. The molecule has 0 amide bonds. The zero-order chi connectivity index (χ0) is 15.4. The third kappa shape index (κ3) is 3.35. The molecule has 2 aromatic rings. The van der Waals surface area contributed by atoms with Gasteiger partial charge in [0.05, 0.1) is 17.7 Å². The van der Waals surface area contributed by atoms with E-state index in [1.54, 1.807) is 0 Å². The molecule has 1 atom stereocenters. The van der Waals surface area contributed by atoms with Crippen LogP contribution in [0.4, 0.5) is 0 Å². The van der Waals surface area contributed by atoms with E-state index < -0.39 is 0 Å². The van der Waals surface area contributed by atoms with Gasteiger partial charge in [-0.1, -0.05) is 41.9 Å². The van der Waals surface area contributed by atoms with E-state index in [1.807, 2.05) is 42.5 Å². The molecule has 1 aliphatic rings. The van der Waals surface area contributed by atoms with Crippen molar-refractivity contribution in [1.82, 2.24) is 5.32 Å². The summed E-state index contributed by atoms with van der Waals surface area (Å²) in [6.07, 6.45) is 0. The van der Waals surface area contributed by atoms with Gasteiger partial charge in [0, 0.05) is 6.54 Å². The fraction of sp³-hybridized carbons (Fsp3) is 0.294. The van der Waals surface area contributed by atoms with Crippen molar-refractivity contribution in [3.8, 4) is 11.5 Å². The summed E-state index contributed by atoms with van der Waals surface area (Å²) in [5.41, 5.74) is 2.04. The Kier molecular flexibility index (Phi) is 4.83. The fourth-order valence-corrected chi connectivity index (χ4v) is 2.77. The summed E-state index contributed by atoms with van der Waals surface area (Å²) in [6.45, 7) is 1.66. The van der Waals surface area contributed by atoms with Gasteiger partial charge in [-0.05, 0) is 23.3 Å². The Hall–Kier alpha value is -1.75. The second-order valence-corrected chi connectivity index (χ2v) is 5.54. The molecule has 0 radical (unpaired) electrons. The van der Waals surface area contributed by atoms with E-state index in [9.17, 15) is 5.11 Å². The zero-order valence-corrected chi connectivity index (χ0v) is 12.8. The van der Waals surface area contributed by atoms with Crippen LogP contribution in [0.1, 0.15) is 17.2 Å². The van der Waals surface area contributed by atoms with E-state index in [0.29, 0.717) is 36.3 Å². The highest BCUT2D eigenvalue weighted by atomic mass is 35.5. The van der Waals surface area contributed by atoms with Crippen LogP contribution in [0.15, 0.2) is 42.5 Å². The van der Waals surface area contributed by atoms with Crippen molar-refractivity contribution >= 4 is 11.6 Å². The molecule has 116 valence electrons. The second-order valence-electron chi connectivity index (χ2n) is 5.13. The van der Waals surface area contributed by atoms with Gasteiger partial charge in [0.25, 0.3) is 0 Å². The predicted octanol–water partition coefficient (Wildman–Crippen LogP) is 2.93. The van der Waals surface area contributed by atoms with Crippen molar-refractivity contribution in [2.45, 2.75) is 12.6 Å². The number of aliphatic hydroxyl groups is 1. The monoisotopic (exact) mass is 319 g/mol. The minimum Gasteiger partial charge on any atom is -0.486 e. The van der Waals surface area contributed by atoms with Gasteiger partial charge in [0.2, 0.25) is 0 Å². The molecule has 3 rings (SSSR count). The average molecular weight is 320 g/mol. The molecule has 22 heavy (non-hydrogen) atoms. The molecule has 0 aliphatic carbocycles. The van der Waals surface area contributed by atoms with Crippen molar-refractivity contribution in [2.24, 2.45) is 0 Å². The molecule has 0 spiro atoms. The number of hydrogen-bond acceptors (Lipinski definition) is 4. The highest BCUT2D eigenvalue weighted by molar-refractivity contribution is 6.32. The van der Waals surface area contributed by atoms with E-state index in [0.717, 1.165) is 11.1 Å². The molecule has 0 saturated heterocycles. The number of nitrogens with one attached hydrogen (secondary N) is 1. The van der Waals surface area contributed by atoms with E-state index in [-0.39, 0.29) is 12.6 Å². The highest BCUT2D eigenvalue weighted by Gasteiger charge is 2.17. The normalized spacial score (nSPS) is 14.6. The first kappa shape index (κ1) is 15.2. The van der Waals surface area contributed by atoms with E-state index in [4.69, 9.17) is 21.1 Å². The first-order chi connectivity index (χ1) is 10.8. The summed E-state index contributed by atoms with van der Waals surface area (Å²) in [5.74, 6) is 1.29. The van der Waals surface area contributed by atoms with Gasteiger partial charge in [0.1, 0.15) is 13.2 Å². The Labute approximate surface area is 134 Å². The lowest BCUT2D eigenvalue weighted by molar-refractivity contribution is 0.171. The Morgan fingerprint density at radius 2 is 1.91 bits per heavy atom. The third-order valence-corrected chi connectivity index (χ3v) is 3.87. The number of aliphatic hydroxyl groups excluding tert-OH is 1. The van der Waals surface area contributed by atoms with Crippen LogP contribution in [0.3, 0.4) is 0 Å². The molecule has 1 aliphatic heterocycles.